The van der Waals surface area contributed by atoms with Gasteiger partial charge in [0.15, 0.2) is 5.58 Å². The zero-order chi connectivity index (χ0) is 17.1. The SMILES string of the molecule is O=C([C@H](Sc1nc2ccccc2o1)c1ccccc1)N1CCOCC1. The first-order valence-electron chi connectivity index (χ1n) is 8.25. The van der Waals surface area contributed by atoms with Gasteiger partial charge in [-0.05, 0) is 29.5 Å². The number of hydrogen-bond donors (Lipinski definition) is 0. The molecule has 5 nitrogen and oxygen atoms in total. The number of aromatic nitrogens is 1. The summed E-state index contributed by atoms with van der Waals surface area (Å²) >= 11 is 1.36. The molecule has 1 atom stereocenters. The molecule has 0 spiro atoms. The summed E-state index contributed by atoms with van der Waals surface area (Å²) < 4.78 is 11.2. The van der Waals surface area contributed by atoms with Crippen LogP contribution >= 0.6 is 11.8 Å². The largest absolute Gasteiger partial charge is 0.431 e. The van der Waals surface area contributed by atoms with Crippen molar-refractivity contribution >= 4 is 28.8 Å². The number of fused-ring (bicyclic) bond motifs is 1. The number of morpholine rings is 1. The number of hydrogen-bond acceptors (Lipinski definition) is 5. The van der Waals surface area contributed by atoms with Crippen molar-refractivity contribution in [2.45, 2.75) is 10.5 Å². The van der Waals surface area contributed by atoms with Crippen molar-refractivity contribution < 1.29 is 13.9 Å². The molecule has 0 N–H and O–H groups in total. The van der Waals surface area contributed by atoms with E-state index in [-0.39, 0.29) is 11.2 Å². The zero-order valence-corrected chi connectivity index (χ0v) is 14.4. The summed E-state index contributed by atoms with van der Waals surface area (Å²) in [5.74, 6) is 0.0711. The number of para-hydroxylation sites is 2. The van der Waals surface area contributed by atoms with Gasteiger partial charge in [0.1, 0.15) is 10.8 Å². The van der Waals surface area contributed by atoms with Crippen LogP contribution in [0, 0.1) is 0 Å². The highest BCUT2D eigenvalue weighted by Crippen LogP contribution is 2.37. The van der Waals surface area contributed by atoms with Crippen LogP contribution < -0.4 is 0 Å². The third kappa shape index (κ3) is 3.55. The standard InChI is InChI=1S/C19H18N2O3S/c22-18(21-10-12-23-13-11-21)17(14-6-2-1-3-7-14)25-19-20-15-8-4-5-9-16(15)24-19/h1-9,17H,10-13H2/t17-/m1/s1. The fourth-order valence-corrected chi connectivity index (χ4v) is 3.87. The van der Waals surface area contributed by atoms with E-state index in [0.29, 0.717) is 31.5 Å². The van der Waals surface area contributed by atoms with E-state index >= 15 is 0 Å². The van der Waals surface area contributed by atoms with E-state index in [1.807, 2.05) is 59.5 Å². The Kier molecular flexibility index (Phi) is 4.72. The van der Waals surface area contributed by atoms with Crippen molar-refractivity contribution in [3.05, 3.63) is 60.2 Å². The molecule has 3 aromatic rings. The fourth-order valence-electron chi connectivity index (χ4n) is 2.84. The van der Waals surface area contributed by atoms with Gasteiger partial charge in [-0.2, -0.15) is 0 Å². The number of rotatable bonds is 4. The predicted molar refractivity (Wildman–Crippen MR) is 96.4 cm³/mol. The Hall–Kier alpha value is -2.31. The number of carbonyl (C=O) groups excluding carboxylic acids is 1. The van der Waals surface area contributed by atoms with Gasteiger partial charge in [0.2, 0.25) is 5.91 Å². The number of ether oxygens (including phenoxy) is 1. The van der Waals surface area contributed by atoms with Gasteiger partial charge < -0.3 is 14.1 Å². The number of nitrogens with zero attached hydrogens (tertiary/aromatic N) is 2. The Morgan fingerprint density at radius 3 is 2.52 bits per heavy atom. The molecule has 1 aliphatic rings. The molecule has 2 heterocycles. The molecule has 1 saturated heterocycles. The van der Waals surface area contributed by atoms with Crippen molar-refractivity contribution in [1.29, 1.82) is 0 Å². The van der Waals surface area contributed by atoms with Crippen LogP contribution in [0.25, 0.3) is 11.1 Å². The number of amides is 1. The van der Waals surface area contributed by atoms with Gasteiger partial charge in [-0.3, -0.25) is 4.79 Å². The van der Waals surface area contributed by atoms with Gasteiger partial charge in [-0.1, -0.05) is 42.5 Å². The van der Waals surface area contributed by atoms with Crippen molar-refractivity contribution in [1.82, 2.24) is 9.88 Å². The minimum atomic E-state index is -0.382. The summed E-state index contributed by atoms with van der Waals surface area (Å²) in [6.45, 7) is 2.41. The maximum absolute atomic E-state index is 13.1. The third-order valence-corrected chi connectivity index (χ3v) is 5.23. The molecule has 6 heteroatoms. The molecule has 4 rings (SSSR count). The summed E-state index contributed by atoms with van der Waals surface area (Å²) in [7, 11) is 0. The van der Waals surface area contributed by atoms with Crippen LogP contribution in [0.15, 0.2) is 64.2 Å². The topological polar surface area (TPSA) is 55.6 Å². The Balaban J connectivity index is 1.63. The maximum Gasteiger partial charge on any atom is 0.257 e. The normalized spacial score (nSPS) is 16.1. The molecule has 0 unspecified atom stereocenters. The molecule has 25 heavy (non-hydrogen) atoms. The number of carbonyl (C=O) groups is 1. The second-order valence-electron chi connectivity index (χ2n) is 5.79. The average molecular weight is 354 g/mol. The Morgan fingerprint density at radius 2 is 1.76 bits per heavy atom. The van der Waals surface area contributed by atoms with Crippen molar-refractivity contribution in [2.24, 2.45) is 0 Å². The molecule has 0 saturated carbocycles. The minimum Gasteiger partial charge on any atom is -0.431 e. The predicted octanol–water partition coefficient (Wildman–Crippen LogP) is 3.52. The van der Waals surface area contributed by atoms with Crippen molar-refractivity contribution in [2.75, 3.05) is 26.3 Å². The van der Waals surface area contributed by atoms with Crippen LogP contribution in [-0.4, -0.2) is 42.1 Å². The maximum atomic E-state index is 13.1. The van der Waals surface area contributed by atoms with Gasteiger partial charge in [0, 0.05) is 13.1 Å². The molecular formula is C19H18N2O3S. The Labute approximate surface area is 150 Å². The minimum absolute atomic E-state index is 0.0711. The molecule has 1 aliphatic heterocycles. The van der Waals surface area contributed by atoms with E-state index < -0.39 is 0 Å². The quantitative estimate of drug-likeness (QED) is 0.671. The second kappa shape index (κ2) is 7.29. The van der Waals surface area contributed by atoms with E-state index in [1.54, 1.807) is 0 Å². The number of benzene rings is 2. The van der Waals surface area contributed by atoms with E-state index in [0.717, 1.165) is 16.7 Å². The first-order valence-corrected chi connectivity index (χ1v) is 9.13. The highest BCUT2D eigenvalue weighted by atomic mass is 32.2. The summed E-state index contributed by atoms with van der Waals surface area (Å²) in [5.41, 5.74) is 2.48. The molecule has 1 fully saturated rings. The van der Waals surface area contributed by atoms with Gasteiger partial charge in [0.25, 0.3) is 5.22 Å². The monoisotopic (exact) mass is 354 g/mol. The zero-order valence-electron chi connectivity index (χ0n) is 13.6. The summed E-state index contributed by atoms with van der Waals surface area (Å²) in [5, 5.41) is 0.129. The van der Waals surface area contributed by atoms with Crippen LogP contribution in [0.3, 0.4) is 0 Å². The van der Waals surface area contributed by atoms with Gasteiger partial charge >= 0.3 is 0 Å². The van der Waals surface area contributed by atoms with Gasteiger partial charge in [0.05, 0.1) is 13.2 Å². The Bertz CT molecular complexity index is 826. The highest BCUT2D eigenvalue weighted by molar-refractivity contribution is 8.00. The van der Waals surface area contributed by atoms with E-state index in [2.05, 4.69) is 4.98 Å². The fraction of sp³-hybridized carbons (Fsp3) is 0.263. The van der Waals surface area contributed by atoms with Gasteiger partial charge in [-0.25, -0.2) is 4.98 Å². The van der Waals surface area contributed by atoms with E-state index in [9.17, 15) is 4.79 Å². The first-order chi connectivity index (χ1) is 12.3. The number of oxazole rings is 1. The van der Waals surface area contributed by atoms with Crippen molar-refractivity contribution in [3.63, 3.8) is 0 Å². The summed E-state index contributed by atoms with van der Waals surface area (Å²) in [6.07, 6.45) is 0. The Morgan fingerprint density at radius 1 is 1.04 bits per heavy atom. The lowest BCUT2D eigenvalue weighted by molar-refractivity contribution is -0.134. The van der Waals surface area contributed by atoms with E-state index in [1.165, 1.54) is 11.8 Å². The smallest absolute Gasteiger partial charge is 0.257 e. The molecule has 0 aliphatic carbocycles. The van der Waals surface area contributed by atoms with Crippen LogP contribution in [0.5, 0.6) is 0 Å². The molecule has 2 aromatic carbocycles. The summed E-state index contributed by atoms with van der Waals surface area (Å²) in [6, 6.07) is 17.4. The van der Waals surface area contributed by atoms with Crippen LogP contribution in [0.1, 0.15) is 10.8 Å². The molecule has 1 amide bonds. The van der Waals surface area contributed by atoms with Crippen molar-refractivity contribution in [3.8, 4) is 0 Å². The molecule has 128 valence electrons. The second-order valence-corrected chi connectivity index (χ2v) is 6.85. The summed E-state index contributed by atoms with van der Waals surface area (Å²) in [4.78, 5) is 19.5. The van der Waals surface area contributed by atoms with Crippen LogP contribution in [0.2, 0.25) is 0 Å². The average Bonchev–Trinajstić information content (AvgIpc) is 3.09. The lowest BCUT2D eigenvalue weighted by atomic mass is 10.1. The molecule has 0 radical (unpaired) electrons. The first kappa shape index (κ1) is 16.2. The third-order valence-electron chi connectivity index (χ3n) is 4.14. The molecular weight excluding hydrogens is 336 g/mol. The highest BCUT2D eigenvalue weighted by Gasteiger charge is 2.29. The van der Waals surface area contributed by atoms with E-state index in [4.69, 9.17) is 9.15 Å². The van der Waals surface area contributed by atoms with Crippen LogP contribution in [0.4, 0.5) is 0 Å². The molecule has 1 aromatic heterocycles. The molecule has 0 bridgehead atoms. The lowest BCUT2D eigenvalue weighted by Gasteiger charge is -2.30. The number of thioether (sulfide) groups is 1. The van der Waals surface area contributed by atoms with Gasteiger partial charge in [-0.15, -0.1) is 0 Å². The lowest BCUT2D eigenvalue weighted by Crippen LogP contribution is -2.42. The van der Waals surface area contributed by atoms with Crippen LogP contribution in [-0.2, 0) is 9.53 Å².